The first-order valence-corrected chi connectivity index (χ1v) is 9.06. The molecule has 2 rings (SSSR count). The summed E-state index contributed by atoms with van der Waals surface area (Å²) in [6.07, 6.45) is -0.827. The van der Waals surface area contributed by atoms with Crippen LogP contribution in [0.1, 0.15) is 60.9 Å². The monoisotopic (exact) mass is 382 g/mol. The zero-order valence-electron chi connectivity index (χ0n) is 16.8. The van der Waals surface area contributed by atoms with Gasteiger partial charge in [0.2, 0.25) is 0 Å². The molecule has 6 heteroatoms. The van der Waals surface area contributed by atoms with Crippen molar-refractivity contribution in [3.63, 3.8) is 0 Å². The van der Waals surface area contributed by atoms with Crippen molar-refractivity contribution >= 4 is 17.6 Å². The Morgan fingerprint density at radius 3 is 1.89 bits per heavy atom. The molecule has 148 valence electrons. The van der Waals surface area contributed by atoms with Crippen LogP contribution in [-0.2, 0) is 10.2 Å². The number of carbonyl (C=O) groups is 3. The highest BCUT2D eigenvalue weighted by atomic mass is 16.5. The number of hydrogen-bond donors (Lipinski definition) is 2. The molecule has 0 radical (unpaired) electrons. The number of amides is 2. The number of hydrogen-bond acceptors (Lipinski definition) is 4. The molecule has 0 heterocycles. The lowest BCUT2D eigenvalue weighted by Gasteiger charge is -2.19. The smallest absolute Gasteiger partial charge is 0.279 e. The Labute approximate surface area is 165 Å². The minimum Gasteiger partial charge on any atom is -0.481 e. The first-order chi connectivity index (χ1) is 13.1. The molecule has 2 aromatic rings. The molecule has 2 amide bonds. The predicted octanol–water partition coefficient (Wildman–Crippen LogP) is 3.42. The number of carbonyl (C=O) groups excluding carboxylic acids is 3. The van der Waals surface area contributed by atoms with Crippen LogP contribution in [-0.4, -0.2) is 23.7 Å². The number of hydrazine groups is 1. The summed E-state index contributed by atoms with van der Waals surface area (Å²) in [5.74, 6) is -0.491. The number of Topliss-reactive ketones (excluding diaryl/α,β-unsaturated/α-hetero) is 1. The van der Waals surface area contributed by atoms with Gasteiger partial charge in [-0.15, -0.1) is 0 Å². The highest BCUT2D eigenvalue weighted by Gasteiger charge is 2.17. The largest absolute Gasteiger partial charge is 0.481 e. The Morgan fingerprint density at radius 1 is 0.857 bits per heavy atom. The fraction of sp³-hybridized carbons (Fsp3) is 0.318. The summed E-state index contributed by atoms with van der Waals surface area (Å²) < 4.78 is 5.53. The van der Waals surface area contributed by atoms with E-state index in [9.17, 15) is 14.4 Å². The van der Waals surface area contributed by atoms with E-state index in [0.717, 1.165) is 5.56 Å². The molecule has 0 aliphatic rings. The van der Waals surface area contributed by atoms with Crippen molar-refractivity contribution in [2.45, 2.75) is 46.1 Å². The summed E-state index contributed by atoms with van der Waals surface area (Å²) in [6, 6.07) is 13.7. The van der Waals surface area contributed by atoms with Gasteiger partial charge in [-0.25, -0.2) is 0 Å². The molecule has 0 saturated carbocycles. The van der Waals surface area contributed by atoms with Gasteiger partial charge in [0.25, 0.3) is 11.8 Å². The Hall–Kier alpha value is -3.15. The highest BCUT2D eigenvalue weighted by molar-refractivity contribution is 5.96. The van der Waals surface area contributed by atoms with Crippen LogP contribution >= 0.6 is 0 Å². The van der Waals surface area contributed by atoms with E-state index < -0.39 is 17.9 Å². The molecule has 0 spiro atoms. The Morgan fingerprint density at radius 2 is 1.39 bits per heavy atom. The van der Waals surface area contributed by atoms with E-state index in [0.29, 0.717) is 16.9 Å². The average molecular weight is 382 g/mol. The normalized spacial score (nSPS) is 12.0. The second kappa shape index (κ2) is 8.69. The van der Waals surface area contributed by atoms with Crippen molar-refractivity contribution < 1.29 is 19.1 Å². The van der Waals surface area contributed by atoms with Crippen LogP contribution in [0.2, 0.25) is 0 Å². The lowest BCUT2D eigenvalue weighted by Crippen LogP contribution is -2.47. The Bertz CT molecular complexity index is 850. The fourth-order valence-electron chi connectivity index (χ4n) is 2.44. The number of ether oxygens (including phenoxy) is 1. The number of benzene rings is 2. The predicted molar refractivity (Wildman–Crippen MR) is 107 cm³/mol. The van der Waals surface area contributed by atoms with E-state index in [4.69, 9.17) is 4.74 Å². The summed E-state index contributed by atoms with van der Waals surface area (Å²) in [7, 11) is 0. The number of rotatable bonds is 5. The average Bonchev–Trinajstić information content (AvgIpc) is 2.65. The molecule has 0 aliphatic heterocycles. The molecule has 1 unspecified atom stereocenters. The van der Waals surface area contributed by atoms with Gasteiger partial charge in [-0.05, 0) is 61.2 Å². The fourth-order valence-corrected chi connectivity index (χ4v) is 2.44. The third-order valence-electron chi connectivity index (χ3n) is 4.26. The van der Waals surface area contributed by atoms with Gasteiger partial charge in [-0.3, -0.25) is 25.2 Å². The minimum absolute atomic E-state index is 0.00138. The molecule has 0 saturated heterocycles. The molecule has 1 atom stereocenters. The second-order valence-electron chi connectivity index (χ2n) is 7.61. The van der Waals surface area contributed by atoms with Gasteiger partial charge in [-0.2, -0.15) is 0 Å². The standard InChI is InChI=1S/C22H26N2O4/c1-14(25)16-8-12-19(13-9-16)28-15(2)20(26)23-24-21(27)17-6-10-18(11-7-17)22(3,4)5/h6-13,15H,1-5H3,(H,23,26)(H,24,27). The van der Waals surface area contributed by atoms with E-state index in [2.05, 4.69) is 31.6 Å². The maximum atomic E-state index is 12.2. The second-order valence-corrected chi connectivity index (χ2v) is 7.61. The van der Waals surface area contributed by atoms with E-state index in [1.807, 2.05) is 12.1 Å². The van der Waals surface area contributed by atoms with Gasteiger partial charge in [0, 0.05) is 11.1 Å². The molecule has 6 nitrogen and oxygen atoms in total. The van der Waals surface area contributed by atoms with Gasteiger partial charge in [0.05, 0.1) is 0 Å². The summed E-state index contributed by atoms with van der Waals surface area (Å²) in [5.41, 5.74) is 6.87. The van der Waals surface area contributed by atoms with Crippen molar-refractivity contribution in [3.05, 3.63) is 65.2 Å². The van der Waals surface area contributed by atoms with E-state index in [1.165, 1.54) is 6.92 Å². The molecule has 0 fully saturated rings. The summed E-state index contributed by atoms with van der Waals surface area (Å²) in [6.45, 7) is 9.33. The third-order valence-corrected chi connectivity index (χ3v) is 4.26. The lowest BCUT2D eigenvalue weighted by molar-refractivity contribution is -0.128. The molecular weight excluding hydrogens is 356 g/mol. The quantitative estimate of drug-likeness (QED) is 0.613. The van der Waals surface area contributed by atoms with Crippen LogP contribution < -0.4 is 15.6 Å². The maximum absolute atomic E-state index is 12.2. The molecule has 0 aromatic heterocycles. The Balaban J connectivity index is 1.88. The molecule has 2 N–H and O–H groups in total. The van der Waals surface area contributed by atoms with E-state index in [-0.39, 0.29) is 11.2 Å². The first-order valence-electron chi connectivity index (χ1n) is 9.06. The third kappa shape index (κ3) is 5.67. The van der Waals surface area contributed by atoms with Crippen LogP contribution in [0.3, 0.4) is 0 Å². The SMILES string of the molecule is CC(=O)c1ccc(OC(C)C(=O)NNC(=O)c2ccc(C(C)(C)C)cc2)cc1. The molecular formula is C22H26N2O4. The molecule has 28 heavy (non-hydrogen) atoms. The maximum Gasteiger partial charge on any atom is 0.279 e. The van der Waals surface area contributed by atoms with Gasteiger partial charge in [0.15, 0.2) is 11.9 Å². The molecule has 2 aromatic carbocycles. The van der Waals surface area contributed by atoms with Gasteiger partial charge in [0.1, 0.15) is 5.75 Å². The van der Waals surface area contributed by atoms with Crippen LogP contribution in [0.5, 0.6) is 5.75 Å². The van der Waals surface area contributed by atoms with Gasteiger partial charge in [-0.1, -0.05) is 32.9 Å². The highest BCUT2D eigenvalue weighted by Crippen LogP contribution is 2.22. The van der Waals surface area contributed by atoms with E-state index in [1.54, 1.807) is 43.3 Å². The molecule has 0 aliphatic carbocycles. The van der Waals surface area contributed by atoms with Crippen molar-refractivity contribution in [2.75, 3.05) is 0 Å². The first kappa shape index (κ1) is 21.2. The molecule has 0 bridgehead atoms. The van der Waals surface area contributed by atoms with Crippen molar-refractivity contribution in [1.82, 2.24) is 10.9 Å². The summed E-state index contributed by atoms with van der Waals surface area (Å²) in [4.78, 5) is 35.6. The summed E-state index contributed by atoms with van der Waals surface area (Å²) >= 11 is 0. The van der Waals surface area contributed by atoms with Crippen molar-refractivity contribution in [1.29, 1.82) is 0 Å². The van der Waals surface area contributed by atoms with Crippen LogP contribution in [0.25, 0.3) is 0 Å². The Kier molecular flexibility index (Phi) is 6.57. The van der Waals surface area contributed by atoms with Gasteiger partial charge < -0.3 is 4.74 Å². The van der Waals surface area contributed by atoms with Crippen molar-refractivity contribution in [3.8, 4) is 5.75 Å². The lowest BCUT2D eigenvalue weighted by atomic mass is 9.87. The van der Waals surface area contributed by atoms with Crippen LogP contribution in [0, 0.1) is 0 Å². The topological polar surface area (TPSA) is 84.5 Å². The number of ketones is 1. The van der Waals surface area contributed by atoms with Crippen molar-refractivity contribution in [2.24, 2.45) is 0 Å². The van der Waals surface area contributed by atoms with E-state index >= 15 is 0 Å². The summed E-state index contributed by atoms with van der Waals surface area (Å²) in [5, 5.41) is 0. The number of nitrogens with one attached hydrogen (secondary N) is 2. The van der Waals surface area contributed by atoms with Crippen LogP contribution in [0.4, 0.5) is 0 Å². The van der Waals surface area contributed by atoms with Gasteiger partial charge >= 0.3 is 0 Å². The zero-order chi connectivity index (χ0) is 20.9. The van der Waals surface area contributed by atoms with Crippen LogP contribution in [0.15, 0.2) is 48.5 Å². The zero-order valence-corrected chi connectivity index (χ0v) is 16.8. The minimum atomic E-state index is -0.827.